The summed E-state index contributed by atoms with van der Waals surface area (Å²) in [6, 6.07) is 0. The van der Waals surface area contributed by atoms with Crippen molar-refractivity contribution in [3.05, 3.63) is 10.7 Å². The summed E-state index contributed by atoms with van der Waals surface area (Å²) in [5.74, 6) is 0. The smallest absolute Gasteiger partial charge is 0.165 e. The lowest BCUT2D eigenvalue weighted by molar-refractivity contribution is 0.597. The highest BCUT2D eigenvalue weighted by Crippen LogP contribution is 2.27. The molecule has 0 unspecified atom stereocenters. The van der Waals surface area contributed by atoms with Crippen molar-refractivity contribution in [2.75, 3.05) is 0 Å². The Hall–Kier alpha value is -1.27. The second-order valence-electron chi connectivity index (χ2n) is 13.1. The lowest BCUT2D eigenvalue weighted by atomic mass is 9.40. The Bertz CT molecular complexity index is 1620. The van der Waals surface area contributed by atoms with Crippen molar-refractivity contribution in [1.29, 1.82) is 0 Å². The SMILES string of the molecule is Bc1nc(-c2c(B)nc(C(B)(B)B)c(B)c2B)c(-c2c(B)c(B)c(S(=O)(=O)C(B)(B)B)c(B)c2B)c(B)c1Cl. The van der Waals surface area contributed by atoms with Crippen molar-refractivity contribution >= 4 is 189 Å². The molecule has 2 aromatic heterocycles. The van der Waals surface area contributed by atoms with Crippen LogP contribution in [0.2, 0.25) is 5.02 Å². The minimum atomic E-state index is -3.56. The van der Waals surface area contributed by atoms with Gasteiger partial charge in [0.2, 0.25) is 0 Å². The molecule has 0 N–H and O–H groups in total. The van der Waals surface area contributed by atoms with E-state index in [1.807, 2.05) is 47.1 Å². The fourth-order valence-corrected chi connectivity index (χ4v) is 7.57. The molecule has 0 spiro atoms. The molecular formula is C18H30B15ClN2O2S. The summed E-state index contributed by atoms with van der Waals surface area (Å²) < 4.78 is 26.5. The van der Waals surface area contributed by atoms with Gasteiger partial charge in [0.25, 0.3) is 0 Å². The Morgan fingerprint density at radius 2 is 1.03 bits per heavy atom. The summed E-state index contributed by atoms with van der Waals surface area (Å²) in [6.07, 6.45) is 0. The Morgan fingerprint density at radius 1 is 0.564 bits per heavy atom. The third-order valence-corrected chi connectivity index (χ3v) is 11.6. The Balaban J connectivity index is 2.58. The average molecular weight is 536 g/mol. The second kappa shape index (κ2) is 10.5. The van der Waals surface area contributed by atoms with Gasteiger partial charge in [0, 0.05) is 33.0 Å². The van der Waals surface area contributed by atoms with Gasteiger partial charge >= 0.3 is 0 Å². The summed E-state index contributed by atoms with van der Waals surface area (Å²) in [5, 5.41) is 0.538. The van der Waals surface area contributed by atoms with E-state index < -0.39 is 14.3 Å². The maximum absolute atomic E-state index is 13.7. The van der Waals surface area contributed by atoms with Crippen LogP contribution in [-0.4, -0.2) is 141 Å². The molecule has 0 bridgehead atoms. The van der Waals surface area contributed by atoms with E-state index in [9.17, 15) is 8.42 Å². The van der Waals surface area contributed by atoms with E-state index >= 15 is 0 Å². The number of halogens is 1. The van der Waals surface area contributed by atoms with Gasteiger partial charge in [-0.25, -0.2) is 8.42 Å². The molecule has 0 radical (unpaired) electrons. The number of rotatable bonds is 5. The first kappa shape index (κ1) is 32.3. The number of nitrogens with zero attached hydrogens (tertiary/aromatic N) is 2. The zero-order valence-electron chi connectivity index (χ0n) is 26.5. The van der Waals surface area contributed by atoms with E-state index in [2.05, 4.69) is 47.1 Å². The van der Waals surface area contributed by atoms with E-state index in [1.54, 1.807) is 23.5 Å². The number of pyridine rings is 2. The molecule has 2 heterocycles. The van der Waals surface area contributed by atoms with Crippen LogP contribution in [0.1, 0.15) is 5.69 Å². The van der Waals surface area contributed by atoms with E-state index in [0.717, 1.165) is 77.5 Å². The molecule has 0 saturated heterocycles. The summed E-state index contributed by atoms with van der Waals surface area (Å²) in [7, 11) is 26.5. The molecule has 0 aliphatic carbocycles. The van der Waals surface area contributed by atoms with Crippen molar-refractivity contribution in [2.45, 2.75) is 14.5 Å². The average Bonchev–Trinajstić information content (AvgIpc) is 2.79. The van der Waals surface area contributed by atoms with Gasteiger partial charge in [0.1, 0.15) is 78.5 Å². The molecular weight excluding hydrogens is 506 g/mol. The van der Waals surface area contributed by atoms with Gasteiger partial charge in [-0.1, -0.05) is 55.0 Å². The van der Waals surface area contributed by atoms with Crippen LogP contribution in [0, 0.1) is 0 Å². The fourth-order valence-electron chi connectivity index (χ4n) is 5.70. The van der Waals surface area contributed by atoms with Crippen LogP contribution in [0.4, 0.5) is 0 Å². The molecule has 1 aromatic carbocycles. The molecule has 3 rings (SSSR count). The lowest BCUT2D eigenvalue weighted by Gasteiger charge is -2.30. The van der Waals surface area contributed by atoms with Crippen LogP contribution in [-0.2, 0) is 15.0 Å². The van der Waals surface area contributed by atoms with Crippen LogP contribution in [0.25, 0.3) is 22.4 Å². The van der Waals surface area contributed by atoms with E-state index in [0.29, 0.717) is 9.92 Å². The Labute approximate surface area is 253 Å². The predicted octanol–water partition coefficient (Wildman–Crippen LogP) is -17.9. The number of aromatic nitrogens is 2. The maximum Gasteiger partial charge on any atom is 0.165 e. The topological polar surface area (TPSA) is 59.9 Å². The standard InChI is InChI=1S/C18H30B15ClN2O2S/c19-4-1(5(20)9(24)13(8(4)23)39(37,38)18(31,32)33)2-7(22)11(34)16(27)35-12(2)3-6(21)10(25)14(17(28,29)30)36-15(3)26/h19-33H2. The van der Waals surface area contributed by atoms with Crippen LogP contribution >= 0.6 is 11.6 Å². The molecule has 0 fully saturated rings. The molecule has 0 aliphatic rings. The number of hydrogen-bond donors (Lipinski definition) is 0. The van der Waals surface area contributed by atoms with Crippen molar-refractivity contribution in [2.24, 2.45) is 0 Å². The molecule has 3 aromatic rings. The molecule has 0 saturated carbocycles. The van der Waals surface area contributed by atoms with Crippen molar-refractivity contribution < 1.29 is 8.42 Å². The Morgan fingerprint density at radius 3 is 1.46 bits per heavy atom. The summed E-state index contributed by atoms with van der Waals surface area (Å²) in [6.45, 7) is 0. The number of hydrogen-bond acceptors (Lipinski definition) is 4. The molecule has 0 amide bonds. The highest BCUT2D eigenvalue weighted by atomic mass is 35.5. The fraction of sp³-hybridized carbons (Fsp3) is 0.111. The first-order valence-electron chi connectivity index (χ1n) is 13.6. The van der Waals surface area contributed by atoms with E-state index in [4.69, 9.17) is 21.6 Å². The van der Waals surface area contributed by atoms with E-state index in [-0.39, 0.29) is 5.11 Å². The van der Waals surface area contributed by atoms with Crippen molar-refractivity contribution in [3.8, 4) is 22.4 Å². The number of sulfone groups is 1. The van der Waals surface area contributed by atoms with Crippen molar-refractivity contribution in [1.82, 2.24) is 9.97 Å². The monoisotopic (exact) mass is 538 g/mol. The molecule has 39 heavy (non-hydrogen) atoms. The zero-order valence-corrected chi connectivity index (χ0v) is 28.1. The van der Waals surface area contributed by atoms with Gasteiger partial charge in [-0.05, 0) is 10.0 Å². The summed E-state index contributed by atoms with van der Waals surface area (Å²) >= 11 is 6.86. The first-order valence-corrected chi connectivity index (χ1v) is 15.4. The van der Waals surface area contributed by atoms with Gasteiger partial charge in [-0.3, -0.25) is 9.97 Å². The van der Waals surface area contributed by atoms with Gasteiger partial charge in [0.05, 0.1) is 34.1 Å². The molecule has 0 atom stereocenters. The molecule has 0 aliphatic heterocycles. The maximum atomic E-state index is 13.7. The minimum absolute atomic E-state index is 0.0873. The predicted molar refractivity (Wildman–Crippen MR) is 214 cm³/mol. The quantitative estimate of drug-likeness (QED) is 0.305. The number of benzene rings is 1. The molecule has 4 nitrogen and oxygen atoms in total. The molecule has 182 valence electrons. The van der Waals surface area contributed by atoms with Crippen LogP contribution in [0.15, 0.2) is 4.90 Å². The third kappa shape index (κ3) is 5.27. The van der Waals surface area contributed by atoms with Crippen LogP contribution in [0.5, 0.6) is 0 Å². The second-order valence-corrected chi connectivity index (χ2v) is 16.1. The summed E-state index contributed by atoms with van der Waals surface area (Å²) in [4.78, 5) is 10.6. The van der Waals surface area contributed by atoms with Crippen LogP contribution < -0.4 is 49.4 Å². The van der Waals surface area contributed by atoms with E-state index in [1.165, 1.54) is 0 Å². The van der Waals surface area contributed by atoms with Gasteiger partial charge < -0.3 is 0 Å². The normalized spacial score (nSPS) is 12.4. The highest BCUT2D eigenvalue weighted by molar-refractivity contribution is 7.97. The zero-order chi connectivity index (χ0) is 30.2. The lowest BCUT2D eigenvalue weighted by Crippen LogP contribution is -2.52. The van der Waals surface area contributed by atoms with Gasteiger partial charge in [-0.2, -0.15) is 0 Å². The van der Waals surface area contributed by atoms with Gasteiger partial charge in [0.15, 0.2) is 25.5 Å². The van der Waals surface area contributed by atoms with Crippen LogP contribution in [0.3, 0.4) is 0 Å². The van der Waals surface area contributed by atoms with Gasteiger partial charge in [-0.15, -0.1) is 0 Å². The molecule has 21 heteroatoms. The first-order chi connectivity index (χ1) is 17.6. The third-order valence-electron chi connectivity index (χ3n) is 8.30. The largest absolute Gasteiger partial charge is 0.270 e. The van der Waals surface area contributed by atoms with Crippen molar-refractivity contribution in [3.63, 3.8) is 0 Å². The Kier molecular flexibility index (Phi) is 8.71. The minimum Gasteiger partial charge on any atom is -0.270 e. The summed E-state index contributed by atoms with van der Waals surface area (Å²) in [5.41, 5.74) is 13.2. The highest BCUT2D eigenvalue weighted by Gasteiger charge is 2.35.